The maximum Gasteiger partial charge on any atom is 0.000557 e. The molecule has 3 aliphatic carbocycles. The van der Waals surface area contributed by atoms with Gasteiger partial charge in [0.1, 0.15) is 0 Å². The molecular formula is C15H24Cl. The Morgan fingerprint density at radius 2 is 2.12 bits per heavy atom. The minimum Gasteiger partial charge on any atom is -0.0933 e. The van der Waals surface area contributed by atoms with Crippen molar-refractivity contribution in [3.05, 3.63) is 18.0 Å². The molecule has 3 aliphatic rings. The standard InChI is InChI=1S/C15H24Cl/c1-4-11(6-5-9-16)13-8-7-12-10-14(13)15(12,2)3/h5-6,9,11-14H,4,7-8,10H2,1-3H3. The molecule has 4 atom stereocenters. The van der Waals surface area contributed by atoms with E-state index in [9.17, 15) is 0 Å². The van der Waals surface area contributed by atoms with Crippen LogP contribution in [-0.4, -0.2) is 0 Å². The van der Waals surface area contributed by atoms with Crippen molar-refractivity contribution in [2.45, 2.75) is 46.5 Å². The fraction of sp³-hybridized carbons (Fsp3) is 0.800. The minimum atomic E-state index is 0.606. The second-order valence-corrected chi connectivity index (χ2v) is 6.44. The summed E-state index contributed by atoms with van der Waals surface area (Å²) in [7, 11) is 0. The van der Waals surface area contributed by atoms with Crippen LogP contribution in [0, 0.1) is 35.5 Å². The molecular weight excluding hydrogens is 216 g/mol. The Hall–Kier alpha value is 0.0300. The Bertz CT molecular complexity index is 265. The van der Waals surface area contributed by atoms with E-state index in [0.717, 1.165) is 23.7 Å². The van der Waals surface area contributed by atoms with Crippen molar-refractivity contribution in [2.75, 3.05) is 0 Å². The van der Waals surface area contributed by atoms with E-state index in [1.807, 2.05) is 6.08 Å². The molecule has 3 saturated carbocycles. The molecule has 91 valence electrons. The van der Waals surface area contributed by atoms with E-state index in [0.29, 0.717) is 5.41 Å². The van der Waals surface area contributed by atoms with E-state index in [2.05, 4.69) is 27.2 Å². The zero-order valence-corrected chi connectivity index (χ0v) is 11.5. The fourth-order valence-corrected chi connectivity index (χ4v) is 4.23. The molecule has 0 heterocycles. The van der Waals surface area contributed by atoms with Gasteiger partial charge in [0.2, 0.25) is 0 Å². The maximum absolute atomic E-state index is 5.63. The first kappa shape index (κ1) is 12.5. The molecule has 0 aliphatic heterocycles. The molecule has 0 saturated heterocycles. The fourth-order valence-electron chi connectivity index (χ4n) is 4.15. The molecule has 0 aromatic rings. The van der Waals surface area contributed by atoms with Crippen LogP contribution in [-0.2, 0) is 0 Å². The van der Waals surface area contributed by atoms with Gasteiger partial charge in [0.15, 0.2) is 0 Å². The SMILES string of the molecule is CCC([CH]C=CCl)C1CCC2CC1C2(C)C. The summed E-state index contributed by atoms with van der Waals surface area (Å²) in [6, 6.07) is 0. The summed E-state index contributed by atoms with van der Waals surface area (Å²) in [5.41, 5.74) is 2.25. The average molecular weight is 240 g/mol. The Kier molecular flexibility index (Phi) is 3.69. The third kappa shape index (κ3) is 1.94. The lowest BCUT2D eigenvalue weighted by molar-refractivity contribution is -0.117. The van der Waals surface area contributed by atoms with E-state index in [1.54, 1.807) is 5.54 Å². The molecule has 0 nitrogen and oxygen atoms in total. The molecule has 0 aromatic carbocycles. The maximum atomic E-state index is 5.63. The number of halogens is 1. The molecule has 3 rings (SSSR count). The van der Waals surface area contributed by atoms with Crippen LogP contribution in [0.1, 0.15) is 46.5 Å². The zero-order chi connectivity index (χ0) is 11.8. The molecule has 2 bridgehead atoms. The van der Waals surface area contributed by atoms with Crippen molar-refractivity contribution in [3.63, 3.8) is 0 Å². The molecule has 1 heteroatoms. The highest BCUT2D eigenvalue weighted by Gasteiger charge is 2.55. The van der Waals surface area contributed by atoms with Gasteiger partial charge in [0, 0.05) is 5.54 Å². The highest BCUT2D eigenvalue weighted by Crippen LogP contribution is 2.63. The Balaban J connectivity index is 2.02. The summed E-state index contributed by atoms with van der Waals surface area (Å²) in [5.74, 6) is 3.60. The lowest BCUT2D eigenvalue weighted by Crippen LogP contribution is -2.53. The summed E-state index contributed by atoms with van der Waals surface area (Å²) in [6.07, 6.45) is 9.96. The van der Waals surface area contributed by atoms with Gasteiger partial charge in [-0.3, -0.25) is 0 Å². The van der Waals surface area contributed by atoms with E-state index in [-0.39, 0.29) is 0 Å². The normalized spacial score (nSPS) is 38.4. The lowest BCUT2D eigenvalue weighted by atomic mass is 9.44. The quantitative estimate of drug-likeness (QED) is 0.645. The van der Waals surface area contributed by atoms with Gasteiger partial charge >= 0.3 is 0 Å². The molecule has 16 heavy (non-hydrogen) atoms. The smallest absolute Gasteiger partial charge is 0.000557 e. The Labute approximate surface area is 105 Å². The first-order chi connectivity index (χ1) is 7.61. The van der Waals surface area contributed by atoms with Crippen LogP contribution < -0.4 is 0 Å². The molecule has 0 spiro atoms. The van der Waals surface area contributed by atoms with Gasteiger partial charge in [-0.2, -0.15) is 0 Å². The van der Waals surface area contributed by atoms with Crippen molar-refractivity contribution in [2.24, 2.45) is 29.1 Å². The summed E-state index contributed by atoms with van der Waals surface area (Å²) in [5, 5.41) is 0. The van der Waals surface area contributed by atoms with Gasteiger partial charge < -0.3 is 0 Å². The highest BCUT2D eigenvalue weighted by atomic mass is 35.5. The first-order valence-electron chi connectivity index (χ1n) is 6.71. The number of rotatable bonds is 4. The summed E-state index contributed by atoms with van der Waals surface area (Å²) in [4.78, 5) is 0. The predicted molar refractivity (Wildman–Crippen MR) is 71.2 cm³/mol. The monoisotopic (exact) mass is 239 g/mol. The van der Waals surface area contributed by atoms with Crippen LogP contribution in [0.5, 0.6) is 0 Å². The van der Waals surface area contributed by atoms with Crippen LogP contribution in [0.3, 0.4) is 0 Å². The predicted octanol–water partition coefficient (Wildman–Crippen LogP) is 5.04. The van der Waals surface area contributed by atoms with Gasteiger partial charge in [-0.25, -0.2) is 0 Å². The van der Waals surface area contributed by atoms with Gasteiger partial charge in [0.25, 0.3) is 0 Å². The van der Waals surface area contributed by atoms with Crippen LogP contribution >= 0.6 is 11.6 Å². The molecule has 3 fully saturated rings. The van der Waals surface area contributed by atoms with Crippen LogP contribution in [0.2, 0.25) is 0 Å². The average Bonchev–Trinajstić information content (AvgIpc) is 2.30. The van der Waals surface area contributed by atoms with Gasteiger partial charge in [-0.15, -0.1) is 0 Å². The lowest BCUT2D eigenvalue weighted by Gasteiger charge is -2.61. The van der Waals surface area contributed by atoms with Crippen LogP contribution in [0.4, 0.5) is 0 Å². The van der Waals surface area contributed by atoms with Gasteiger partial charge in [0.05, 0.1) is 0 Å². The zero-order valence-electron chi connectivity index (χ0n) is 10.7. The van der Waals surface area contributed by atoms with Crippen molar-refractivity contribution in [1.82, 2.24) is 0 Å². The number of hydrogen-bond acceptors (Lipinski definition) is 0. The van der Waals surface area contributed by atoms with Crippen molar-refractivity contribution >= 4 is 11.6 Å². The molecule has 0 aromatic heterocycles. The highest BCUT2D eigenvalue weighted by molar-refractivity contribution is 6.25. The second-order valence-electron chi connectivity index (χ2n) is 6.18. The largest absolute Gasteiger partial charge is 0.0933 e. The minimum absolute atomic E-state index is 0.606. The summed E-state index contributed by atoms with van der Waals surface area (Å²) < 4.78 is 0. The first-order valence-corrected chi connectivity index (χ1v) is 7.15. The van der Waals surface area contributed by atoms with Gasteiger partial charge in [-0.1, -0.05) is 44.9 Å². The summed E-state index contributed by atoms with van der Waals surface area (Å²) in [6.45, 7) is 7.26. The van der Waals surface area contributed by atoms with Crippen molar-refractivity contribution in [1.29, 1.82) is 0 Å². The molecule has 4 unspecified atom stereocenters. The van der Waals surface area contributed by atoms with E-state index in [1.165, 1.54) is 25.7 Å². The van der Waals surface area contributed by atoms with E-state index >= 15 is 0 Å². The Morgan fingerprint density at radius 3 is 2.62 bits per heavy atom. The van der Waals surface area contributed by atoms with Gasteiger partial charge in [-0.05, 0) is 54.8 Å². The van der Waals surface area contributed by atoms with E-state index in [4.69, 9.17) is 11.6 Å². The molecule has 0 N–H and O–H groups in total. The van der Waals surface area contributed by atoms with Crippen molar-refractivity contribution in [3.8, 4) is 0 Å². The van der Waals surface area contributed by atoms with E-state index < -0.39 is 0 Å². The second kappa shape index (κ2) is 4.72. The van der Waals surface area contributed by atoms with Crippen LogP contribution in [0.15, 0.2) is 11.6 Å². The molecule has 1 radical (unpaired) electrons. The third-order valence-electron chi connectivity index (χ3n) is 5.36. The third-order valence-corrected chi connectivity index (χ3v) is 5.51. The Morgan fingerprint density at radius 1 is 1.38 bits per heavy atom. The topological polar surface area (TPSA) is 0 Å². The number of hydrogen-bond donors (Lipinski definition) is 0. The summed E-state index contributed by atoms with van der Waals surface area (Å²) >= 11 is 5.63. The molecule has 0 amide bonds. The van der Waals surface area contributed by atoms with Crippen molar-refractivity contribution < 1.29 is 0 Å². The van der Waals surface area contributed by atoms with Crippen LogP contribution in [0.25, 0.3) is 0 Å². The number of allylic oxidation sites excluding steroid dienone is 1. The number of fused-ring (bicyclic) bond motifs is 2.